The fraction of sp³-hybridized carbons (Fsp3) is 0.208. The summed E-state index contributed by atoms with van der Waals surface area (Å²) in [5, 5.41) is 2.32. The van der Waals surface area contributed by atoms with Gasteiger partial charge in [0.15, 0.2) is 17.2 Å². The average Bonchev–Trinajstić information content (AvgIpc) is 3.54. The summed E-state index contributed by atoms with van der Waals surface area (Å²) in [5.41, 5.74) is 5.81. The van der Waals surface area contributed by atoms with Gasteiger partial charge in [-0.15, -0.1) is 12.4 Å². The molecule has 1 unspecified atom stereocenters. The normalized spacial score (nSPS) is 15.8. The van der Waals surface area contributed by atoms with Gasteiger partial charge in [-0.1, -0.05) is 6.07 Å². The highest BCUT2D eigenvalue weighted by Gasteiger charge is 2.28. The van der Waals surface area contributed by atoms with E-state index in [-0.39, 0.29) is 40.9 Å². The van der Waals surface area contributed by atoms with Crippen molar-refractivity contribution in [3.8, 4) is 0 Å². The van der Waals surface area contributed by atoms with E-state index in [1.54, 1.807) is 12.3 Å². The standard InChI is InChI=1S/C24H20F2N4O4.ClH/c25-14-9-16-20(22(23(27)31)34-21(16)17(26)10-14)29-24(32)19-6-5-15(33-19)12-30-8-2-4-18(30)13-3-1-7-28-11-13;/h1,3,5-7,9-11,18H,2,4,8,12H2,(H2,27,31)(H,29,32);1H. The molecule has 1 atom stereocenters. The van der Waals surface area contributed by atoms with Crippen LogP contribution in [0.1, 0.15) is 51.3 Å². The lowest BCUT2D eigenvalue weighted by Crippen LogP contribution is -2.22. The van der Waals surface area contributed by atoms with E-state index in [0.29, 0.717) is 18.4 Å². The maximum Gasteiger partial charge on any atom is 0.291 e. The monoisotopic (exact) mass is 502 g/mol. The first-order valence-electron chi connectivity index (χ1n) is 10.7. The molecule has 1 saturated heterocycles. The predicted octanol–water partition coefficient (Wildman–Crippen LogP) is 4.81. The summed E-state index contributed by atoms with van der Waals surface area (Å²) in [4.78, 5) is 31.0. The van der Waals surface area contributed by atoms with E-state index in [1.807, 2.05) is 18.3 Å². The van der Waals surface area contributed by atoms with Crippen molar-refractivity contribution in [3.05, 3.63) is 83.3 Å². The second kappa shape index (κ2) is 9.85. The van der Waals surface area contributed by atoms with Crippen LogP contribution in [0.25, 0.3) is 11.0 Å². The van der Waals surface area contributed by atoms with Crippen LogP contribution in [0.15, 0.2) is 57.6 Å². The van der Waals surface area contributed by atoms with E-state index in [2.05, 4.69) is 15.2 Å². The third-order valence-electron chi connectivity index (χ3n) is 5.85. The van der Waals surface area contributed by atoms with Crippen LogP contribution in [0.2, 0.25) is 0 Å². The maximum atomic E-state index is 14.1. The van der Waals surface area contributed by atoms with Crippen LogP contribution in [0, 0.1) is 11.6 Å². The fourth-order valence-electron chi connectivity index (χ4n) is 4.35. The van der Waals surface area contributed by atoms with Crippen molar-refractivity contribution in [2.24, 2.45) is 5.73 Å². The molecule has 4 heterocycles. The molecule has 1 aromatic carbocycles. The molecule has 1 fully saturated rings. The third-order valence-corrected chi connectivity index (χ3v) is 5.85. The smallest absolute Gasteiger partial charge is 0.291 e. The number of aromatic nitrogens is 1. The molecule has 35 heavy (non-hydrogen) atoms. The third kappa shape index (κ3) is 4.75. The van der Waals surface area contributed by atoms with Crippen LogP contribution in [0.4, 0.5) is 14.5 Å². The molecule has 182 valence electrons. The molecule has 0 spiro atoms. The summed E-state index contributed by atoms with van der Waals surface area (Å²) in [6.45, 7) is 1.37. The van der Waals surface area contributed by atoms with Gasteiger partial charge in [0.05, 0.1) is 11.9 Å². The van der Waals surface area contributed by atoms with Crippen molar-refractivity contribution in [1.29, 1.82) is 0 Å². The molecule has 5 rings (SSSR count). The minimum Gasteiger partial charge on any atom is -0.455 e. The molecule has 0 bridgehead atoms. The summed E-state index contributed by atoms with van der Waals surface area (Å²) >= 11 is 0. The fourth-order valence-corrected chi connectivity index (χ4v) is 4.35. The molecule has 2 amide bonds. The Balaban J connectivity index is 0.00000289. The highest BCUT2D eigenvalue weighted by Crippen LogP contribution is 2.35. The minimum absolute atomic E-state index is 0. The molecule has 8 nitrogen and oxygen atoms in total. The first-order valence-corrected chi connectivity index (χ1v) is 10.7. The van der Waals surface area contributed by atoms with Gasteiger partial charge in [-0.05, 0) is 49.2 Å². The number of likely N-dealkylation sites (tertiary alicyclic amines) is 1. The van der Waals surface area contributed by atoms with Gasteiger partial charge >= 0.3 is 0 Å². The van der Waals surface area contributed by atoms with E-state index in [0.717, 1.165) is 31.0 Å². The second-order valence-corrected chi connectivity index (χ2v) is 8.07. The van der Waals surface area contributed by atoms with Crippen molar-refractivity contribution in [2.45, 2.75) is 25.4 Å². The van der Waals surface area contributed by atoms with Gasteiger partial charge in [0, 0.05) is 24.5 Å². The number of nitrogens with zero attached hydrogens (tertiary/aromatic N) is 2. The van der Waals surface area contributed by atoms with Crippen LogP contribution in [0.3, 0.4) is 0 Å². The van der Waals surface area contributed by atoms with Crippen molar-refractivity contribution in [1.82, 2.24) is 9.88 Å². The molecule has 4 aromatic rings. The Bertz CT molecular complexity index is 1390. The Labute approximate surface area is 204 Å². The Kier molecular flexibility index (Phi) is 6.86. The van der Waals surface area contributed by atoms with Crippen LogP contribution in [0.5, 0.6) is 0 Å². The summed E-state index contributed by atoms with van der Waals surface area (Å²) < 4.78 is 38.7. The zero-order chi connectivity index (χ0) is 23.8. The number of primary amides is 1. The number of nitrogens with two attached hydrogens (primary N) is 1. The number of benzene rings is 1. The number of hydrogen-bond acceptors (Lipinski definition) is 6. The zero-order valence-corrected chi connectivity index (χ0v) is 19.1. The first kappa shape index (κ1) is 24.4. The van der Waals surface area contributed by atoms with Gasteiger partial charge in [-0.3, -0.25) is 19.5 Å². The quantitative estimate of drug-likeness (QED) is 0.391. The molecule has 3 N–H and O–H groups in total. The van der Waals surface area contributed by atoms with Gasteiger partial charge in [0.25, 0.3) is 11.8 Å². The average molecular weight is 503 g/mol. The first-order chi connectivity index (χ1) is 16.4. The molecule has 0 aliphatic carbocycles. The van der Waals surface area contributed by atoms with E-state index in [4.69, 9.17) is 14.6 Å². The molecular formula is C24H21ClF2N4O4. The lowest BCUT2D eigenvalue weighted by Gasteiger charge is -2.23. The van der Waals surface area contributed by atoms with E-state index in [9.17, 15) is 18.4 Å². The topological polar surface area (TPSA) is 115 Å². The van der Waals surface area contributed by atoms with E-state index in [1.165, 1.54) is 6.07 Å². The van der Waals surface area contributed by atoms with Crippen LogP contribution in [-0.4, -0.2) is 28.2 Å². The predicted molar refractivity (Wildman–Crippen MR) is 125 cm³/mol. The maximum absolute atomic E-state index is 14.1. The van der Waals surface area contributed by atoms with E-state index < -0.39 is 29.2 Å². The van der Waals surface area contributed by atoms with Crippen LogP contribution < -0.4 is 11.1 Å². The number of fused-ring (bicyclic) bond motifs is 1. The number of halogens is 3. The second-order valence-electron chi connectivity index (χ2n) is 8.07. The summed E-state index contributed by atoms with van der Waals surface area (Å²) in [7, 11) is 0. The summed E-state index contributed by atoms with van der Waals surface area (Å²) in [5.74, 6) is -3.62. The number of furan rings is 2. The number of carbonyl (C=O) groups is 2. The minimum atomic E-state index is -1.04. The van der Waals surface area contributed by atoms with Crippen molar-refractivity contribution >= 4 is 40.9 Å². The van der Waals surface area contributed by atoms with Crippen molar-refractivity contribution < 1.29 is 27.2 Å². The highest BCUT2D eigenvalue weighted by molar-refractivity contribution is 6.13. The Morgan fingerprint density at radius 2 is 2.03 bits per heavy atom. The summed E-state index contributed by atoms with van der Waals surface area (Å²) in [6, 6.07) is 8.88. The SMILES string of the molecule is Cl.NC(=O)c1oc2c(F)cc(F)cc2c1NC(=O)c1ccc(CN2CCCC2c2cccnc2)o1. The number of amides is 2. The largest absolute Gasteiger partial charge is 0.455 e. The number of anilines is 1. The Morgan fingerprint density at radius 1 is 1.20 bits per heavy atom. The van der Waals surface area contributed by atoms with Crippen molar-refractivity contribution in [2.75, 3.05) is 11.9 Å². The number of nitrogens with one attached hydrogen (secondary N) is 1. The highest BCUT2D eigenvalue weighted by atomic mass is 35.5. The Hall–Kier alpha value is -3.76. The van der Waals surface area contributed by atoms with E-state index >= 15 is 0 Å². The van der Waals surface area contributed by atoms with Gasteiger partial charge in [-0.2, -0.15) is 0 Å². The molecule has 11 heteroatoms. The van der Waals surface area contributed by atoms with Gasteiger partial charge < -0.3 is 19.9 Å². The van der Waals surface area contributed by atoms with Crippen LogP contribution >= 0.6 is 12.4 Å². The molecule has 0 saturated carbocycles. The number of rotatable bonds is 6. The zero-order valence-electron chi connectivity index (χ0n) is 18.3. The number of pyridine rings is 1. The van der Waals surface area contributed by atoms with Gasteiger partial charge in [0.2, 0.25) is 5.76 Å². The van der Waals surface area contributed by atoms with Gasteiger partial charge in [0.1, 0.15) is 17.3 Å². The lowest BCUT2D eigenvalue weighted by molar-refractivity contribution is 0.0976. The number of carbonyl (C=O) groups excluding carboxylic acids is 2. The molecule has 0 radical (unpaired) electrons. The lowest BCUT2D eigenvalue weighted by atomic mass is 10.1. The van der Waals surface area contributed by atoms with Gasteiger partial charge in [-0.25, -0.2) is 8.78 Å². The number of hydrogen-bond donors (Lipinski definition) is 2. The molecular weight excluding hydrogens is 482 g/mol. The molecule has 1 aliphatic heterocycles. The van der Waals surface area contributed by atoms with Crippen LogP contribution in [-0.2, 0) is 6.54 Å². The molecule has 1 aliphatic rings. The van der Waals surface area contributed by atoms with Crippen molar-refractivity contribution in [3.63, 3.8) is 0 Å². The Morgan fingerprint density at radius 3 is 2.77 bits per heavy atom. The summed E-state index contributed by atoms with van der Waals surface area (Å²) in [6.07, 6.45) is 5.61. The molecule has 3 aromatic heterocycles.